The standard InChI is InChI=1S/C14H13N3O2S/c18-14(19)10-5-7-11(8-6-10)15-9-17-13-4-2-1-3-12(13)16-20-17/h1-8,15-16H,9H2,(H,18,19). The molecule has 1 heterocycles. The second-order valence-corrected chi connectivity index (χ2v) is 5.13. The summed E-state index contributed by atoms with van der Waals surface area (Å²) in [5.74, 6) is -0.912. The van der Waals surface area contributed by atoms with Gasteiger partial charge in [0.05, 0.1) is 29.1 Å². The summed E-state index contributed by atoms with van der Waals surface area (Å²) >= 11 is 1.53. The lowest BCUT2D eigenvalue weighted by molar-refractivity contribution is 0.0697. The maximum atomic E-state index is 10.8. The lowest BCUT2D eigenvalue weighted by Crippen LogP contribution is -2.20. The summed E-state index contributed by atoms with van der Waals surface area (Å²) in [6.07, 6.45) is 0. The van der Waals surface area contributed by atoms with Crippen LogP contribution >= 0.6 is 12.1 Å². The molecule has 2 aromatic carbocycles. The fourth-order valence-electron chi connectivity index (χ4n) is 1.94. The molecule has 0 unspecified atom stereocenters. The van der Waals surface area contributed by atoms with E-state index < -0.39 is 5.97 Å². The second kappa shape index (κ2) is 5.34. The zero-order valence-corrected chi connectivity index (χ0v) is 11.4. The zero-order chi connectivity index (χ0) is 13.9. The maximum absolute atomic E-state index is 10.8. The van der Waals surface area contributed by atoms with Gasteiger partial charge in [0, 0.05) is 5.69 Å². The first-order valence-corrected chi connectivity index (χ1v) is 6.88. The number of rotatable bonds is 4. The first-order chi connectivity index (χ1) is 9.74. The Kier molecular flexibility index (Phi) is 3.39. The number of hydrogen-bond acceptors (Lipinski definition) is 5. The highest BCUT2D eigenvalue weighted by molar-refractivity contribution is 8.02. The molecule has 2 aromatic rings. The van der Waals surface area contributed by atoms with Crippen molar-refractivity contribution in [3.05, 3.63) is 54.1 Å². The van der Waals surface area contributed by atoms with Crippen LogP contribution in [0.3, 0.4) is 0 Å². The van der Waals surface area contributed by atoms with E-state index in [1.54, 1.807) is 24.3 Å². The van der Waals surface area contributed by atoms with Crippen LogP contribution in [0.4, 0.5) is 17.1 Å². The molecule has 3 N–H and O–H groups in total. The molecule has 0 aromatic heterocycles. The van der Waals surface area contributed by atoms with Gasteiger partial charge in [-0.15, -0.1) is 0 Å². The zero-order valence-electron chi connectivity index (χ0n) is 10.5. The highest BCUT2D eigenvalue weighted by Crippen LogP contribution is 2.38. The van der Waals surface area contributed by atoms with Crippen molar-refractivity contribution in [1.82, 2.24) is 0 Å². The molecule has 0 amide bonds. The number of carbonyl (C=O) groups is 1. The van der Waals surface area contributed by atoms with Crippen molar-refractivity contribution < 1.29 is 9.90 Å². The molecule has 1 aliphatic rings. The number of carboxylic acid groups (broad SMARTS) is 1. The van der Waals surface area contributed by atoms with E-state index >= 15 is 0 Å². The van der Waals surface area contributed by atoms with E-state index in [9.17, 15) is 4.79 Å². The third-order valence-electron chi connectivity index (χ3n) is 3.00. The van der Waals surface area contributed by atoms with Gasteiger partial charge in [0.15, 0.2) is 0 Å². The average molecular weight is 287 g/mol. The molecule has 0 radical (unpaired) electrons. The average Bonchev–Trinajstić information content (AvgIpc) is 2.89. The molecule has 0 aliphatic carbocycles. The molecule has 102 valence electrons. The summed E-state index contributed by atoms with van der Waals surface area (Å²) < 4.78 is 5.33. The molecule has 20 heavy (non-hydrogen) atoms. The molecular weight excluding hydrogens is 274 g/mol. The number of nitrogens with one attached hydrogen (secondary N) is 2. The normalized spacial score (nSPS) is 12.7. The smallest absolute Gasteiger partial charge is 0.335 e. The monoisotopic (exact) mass is 287 g/mol. The van der Waals surface area contributed by atoms with Crippen molar-refractivity contribution in [3.63, 3.8) is 0 Å². The Labute approximate surface area is 120 Å². The Bertz CT molecular complexity index is 631. The summed E-state index contributed by atoms with van der Waals surface area (Å²) in [5, 5.41) is 12.1. The Morgan fingerprint density at radius 2 is 1.95 bits per heavy atom. The molecule has 1 aliphatic heterocycles. The third-order valence-corrected chi connectivity index (χ3v) is 3.85. The van der Waals surface area contributed by atoms with E-state index in [-0.39, 0.29) is 5.56 Å². The van der Waals surface area contributed by atoms with Gasteiger partial charge in [-0.05, 0) is 36.4 Å². The van der Waals surface area contributed by atoms with Crippen LogP contribution in [0.2, 0.25) is 0 Å². The van der Waals surface area contributed by atoms with Crippen molar-refractivity contribution in [2.24, 2.45) is 0 Å². The minimum Gasteiger partial charge on any atom is -0.478 e. The van der Waals surface area contributed by atoms with Crippen LogP contribution in [0.1, 0.15) is 10.4 Å². The van der Waals surface area contributed by atoms with Crippen LogP contribution in [-0.2, 0) is 0 Å². The molecule has 0 bridgehead atoms. The lowest BCUT2D eigenvalue weighted by atomic mass is 10.2. The fraction of sp³-hybridized carbons (Fsp3) is 0.0714. The molecule has 0 fully saturated rings. The number of anilines is 3. The number of benzene rings is 2. The Morgan fingerprint density at radius 1 is 1.20 bits per heavy atom. The van der Waals surface area contributed by atoms with E-state index in [4.69, 9.17) is 5.11 Å². The number of carboxylic acids is 1. The predicted molar refractivity (Wildman–Crippen MR) is 82.0 cm³/mol. The highest BCUT2D eigenvalue weighted by Gasteiger charge is 2.18. The van der Waals surface area contributed by atoms with Gasteiger partial charge >= 0.3 is 5.97 Å². The van der Waals surface area contributed by atoms with E-state index in [1.165, 1.54) is 12.1 Å². The van der Waals surface area contributed by atoms with Crippen LogP contribution < -0.4 is 14.3 Å². The van der Waals surface area contributed by atoms with Gasteiger partial charge in [0.1, 0.15) is 6.67 Å². The molecule has 0 atom stereocenters. The number of hydrogen-bond donors (Lipinski definition) is 3. The second-order valence-electron chi connectivity index (χ2n) is 4.31. The van der Waals surface area contributed by atoms with Crippen LogP contribution in [0.15, 0.2) is 48.5 Å². The van der Waals surface area contributed by atoms with Crippen molar-refractivity contribution in [3.8, 4) is 0 Å². The molecular formula is C14H13N3O2S. The largest absolute Gasteiger partial charge is 0.478 e. The van der Waals surface area contributed by atoms with Crippen LogP contribution in [0, 0.1) is 0 Å². The molecule has 0 saturated carbocycles. The number of para-hydroxylation sites is 2. The third kappa shape index (κ3) is 2.50. The number of fused-ring (bicyclic) bond motifs is 1. The van der Waals surface area contributed by atoms with Gasteiger partial charge in [-0.3, -0.25) is 4.31 Å². The molecule has 0 saturated heterocycles. The number of nitrogens with zero attached hydrogens (tertiary/aromatic N) is 1. The van der Waals surface area contributed by atoms with Gasteiger partial charge in [-0.2, -0.15) is 0 Å². The quantitative estimate of drug-likeness (QED) is 0.750. The summed E-state index contributed by atoms with van der Waals surface area (Å²) in [6, 6.07) is 14.8. The molecule has 6 heteroatoms. The summed E-state index contributed by atoms with van der Waals surface area (Å²) in [7, 11) is 0. The summed E-state index contributed by atoms with van der Waals surface area (Å²) in [4.78, 5) is 10.8. The van der Waals surface area contributed by atoms with Crippen LogP contribution in [0.5, 0.6) is 0 Å². The predicted octanol–water partition coefficient (Wildman–Crippen LogP) is 3.25. The van der Waals surface area contributed by atoms with Gasteiger partial charge in [0.2, 0.25) is 0 Å². The summed E-state index contributed by atoms with van der Waals surface area (Å²) in [6.45, 7) is 0.626. The van der Waals surface area contributed by atoms with Crippen molar-refractivity contribution >= 4 is 35.2 Å². The van der Waals surface area contributed by atoms with Crippen molar-refractivity contribution in [2.75, 3.05) is 21.0 Å². The van der Waals surface area contributed by atoms with E-state index in [2.05, 4.69) is 20.4 Å². The van der Waals surface area contributed by atoms with Crippen molar-refractivity contribution in [2.45, 2.75) is 0 Å². The lowest BCUT2D eigenvalue weighted by Gasteiger charge is -2.17. The summed E-state index contributed by atoms with van der Waals surface area (Å²) in [5.41, 5.74) is 3.41. The Morgan fingerprint density at radius 3 is 2.70 bits per heavy atom. The molecule has 3 rings (SSSR count). The highest BCUT2D eigenvalue weighted by atomic mass is 32.2. The van der Waals surface area contributed by atoms with E-state index in [1.807, 2.05) is 18.2 Å². The van der Waals surface area contributed by atoms with Crippen LogP contribution in [0.25, 0.3) is 0 Å². The van der Waals surface area contributed by atoms with E-state index in [0.717, 1.165) is 17.1 Å². The SMILES string of the molecule is O=C(O)c1ccc(NCN2SNc3ccccc32)cc1. The number of aromatic carboxylic acids is 1. The first-order valence-electron chi connectivity index (χ1n) is 6.11. The fourth-order valence-corrected chi connectivity index (χ4v) is 2.71. The molecule has 0 spiro atoms. The minimum atomic E-state index is -0.912. The maximum Gasteiger partial charge on any atom is 0.335 e. The minimum absolute atomic E-state index is 0.290. The van der Waals surface area contributed by atoms with Crippen LogP contribution in [-0.4, -0.2) is 17.7 Å². The van der Waals surface area contributed by atoms with Crippen molar-refractivity contribution in [1.29, 1.82) is 0 Å². The van der Waals surface area contributed by atoms with E-state index in [0.29, 0.717) is 6.67 Å². The molecule has 5 nitrogen and oxygen atoms in total. The Balaban J connectivity index is 1.64. The van der Waals surface area contributed by atoms with Gasteiger partial charge in [-0.25, -0.2) is 4.79 Å². The van der Waals surface area contributed by atoms with Gasteiger partial charge in [0.25, 0.3) is 0 Å². The topological polar surface area (TPSA) is 64.6 Å². The first kappa shape index (κ1) is 12.7. The van der Waals surface area contributed by atoms with Gasteiger partial charge < -0.3 is 15.1 Å². The Hall–Kier alpha value is -2.34. The van der Waals surface area contributed by atoms with Gasteiger partial charge in [-0.1, -0.05) is 12.1 Å².